The summed E-state index contributed by atoms with van der Waals surface area (Å²) in [5, 5.41) is 0.681. The highest BCUT2D eigenvalue weighted by atomic mass is 35.5. The second kappa shape index (κ2) is 6.72. The summed E-state index contributed by atoms with van der Waals surface area (Å²) in [6.45, 7) is 0. The Hall–Kier alpha value is -1.12. The number of benzene rings is 2. The molecule has 3 heteroatoms. The van der Waals surface area contributed by atoms with Gasteiger partial charge in [-0.05, 0) is 42.7 Å². The smallest absolute Gasteiger partial charge is 0.0529 e. The van der Waals surface area contributed by atoms with Crippen LogP contribution >= 0.6 is 11.6 Å². The van der Waals surface area contributed by atoms with Crippen LogP contribution in [0.1, 0.15) is 12.0 Å². The van der Waals surface area contributed by atoms with Crippen LogP contribution < -0.4 is 0 Å². The van der Waals surface area contributed by atoms with Gasteiger partial charge >= 0.3 is 0 Å². The summed E-state index contributed by atoms with van der Waals surface area (Å²) in [5.41, 5.74) is 1.30. The van der Waals surface area contributed by atoms with Gasteiger partial charge in [0.25, 0.3) is 0 Å². The molecule has 1 nitrogen and oxygen atoms in total. The zero-order valence-electron chi connectivity index (χ0n) is 10.0. The van der Waals surface area contributed by atoms with Crippen molar-refractivity contribution in [2.24, 2.45) is 0 Å². The van der Waals surface area contributed by atoms with Gasteiger partial charge in [0.15, 0.2) is 0 Å². The van der Waals surface area contributed by atoms with Crippen molar-refractivity contribution in [2.75, 3.05) is 5.75 Å². The third-order valence-corrected chi connectivity index (χ3v) is 4.42. The first kappa shape index (κ1) is 13.3. The molecule has 0 saturated heterocycles. The van der Waals surface area contributed by atoms with E-state index in [1.54, 1.807) is 12.1 Å². The van der Waals surface area contributed by atoms with E-state index >= 15 is 0 Å². The van der Waals surface area contributed by atoms with Crippen molar-refractivity contribution >= 4 is 22.4 Å². The van der Waals surface area contributed by atoms with Crippen LogP contribution in [-0.2, 0) is 17.2 Å². The number of hydrogen-bond acceptors (Lipinski definition) is 1. The highest BCUT2D eigenvalue weighted by Crippen LogP contribution is 2.14. The zero-order valence-corrected chi connectivity index (χ0v) is 11.6. The molecule has 0 saturated carbocycles. The van der Waals surface area contributed by atoms with E-state index in [9.17, 15) is 4.21 Å². The van der Waals surface area contributed by atoms with E-state index in [-0.39, 0.29) is 0 Å². The minimum absolute atomic E-state index is 0.681. The Labute approximate surface area is 115 Å². The third kappa shape index (κ3) is 3.97. The molecule has 18 heavy (non-hydrogen) atoms. The molecule has 2 aromatic carbocycles. The molecule has 0 fully saturated rings. The van der Waals surface area contributed by atoms with Crippen molar-refractivity contribution in [2.45, 2.75) is 17.7 Å². The van der Waals surface area contributed by atoms with Gasteiger partial charge in [0, 0.05) is 15.7 Å². The maximum atomic E-state index is 12.0. The van der Waals surface area contributed by atoms with Crippen LogP contribution in [0.25, 0.3) is 0 Å². The molecule has 0 aliphatic rings. The van der Waals surface area contributed by atoms with Gasteiger partial charge in [-0.25, -0.2) is 0 Å². The van der Waals surface area contributed by atoms with E-state index in [1.165, 1.54) is 5.56 Å². The average molecular weight is 279 g/mol. The fourth-order valence-corrected chi connectivity index (χ4v) is 2.96. The highest BCUT2D eigenvalue weighted by molar-refractivity contribution is 7.85. The van der Waals surface area contributed by atoms with Crippen molar-refractivity contribution in [1.29, 1.82) is 0 Å². The minimum Gasteiger partial charge on any atom is -0.254 e. The normalized spacial score (nSPS) is 12.3. The first-order chi connectivity index (χ1) is 8.75. The van der Waals surface area contributed by atoms with Gasteiger partial charge < -0.3 is 0 Å². The zero-order chi connectivity index (χ0) is 12.8. The second-order valence-electron chi connectivity index (χ2n) is 4.09. The predicted octanol–water partition coefficient (Wildman–Crippen LogP) is 4.08. The Morgan fingerprint density at radius 2 is 1.61 bits per heavy atom. The Bertz CT molecular complexity index is 508. The third-order valence-electron chi connectivity index (χ3n) is 2.71. The molecule has 0 heterocycles. The lowest BCUT2D eigenvalue weighted by Crippen LogP contribution is -1.99. The molecule has 1 atom stereocenters. The van der Waals surface area contributed by atoms with Gasteiger partial charge in [-0.15, -0.1) is 0 Å². The molecule has 0 radical (unpaired) electrons. The van der Waals surface area contributed by atoms with Gasteiger partial charge in [-0.2, -0.15) is 0 Å². The molecular formula is C15H15ClOS. The number of halogens is 1. The van der Waals surface area contributed by atoms with Crippen LogP contribution in [0.4, 0.5) is 0 Å². The summed E-state index contributed by atoms with van der Waals surface area (Å²) in [5.74, 6) is 0.691. The quantitative estimate of drug-likeness (QED) is 0.805. The fourth-order valence-electron chi connectivity index (χ4n) is 1.76. The van der Waals surface area contributed by atoms with Crippen LogP contribution in [0, 0.1) is 0 Å². The van der Waals surface area contributed by atoms with E-state index in [4.69, 9.17) is 11.6 Å². The van der Waals surface area contributed by atoms with Crippen molar-refractivity contribution in [1.82, 2.24) is 0 Å². The summed E-state index contributed by atoms with van der Waals surface area (Å²) in [6.07, 6.45) is 1.90. The van der Waals surface area contributed by atoms with Gasteiger partial charge in [0.05, 0.1) is 10.8 Å². The molecule has 0 aliphatic carbocycles. The molecule has 2 rings (SSSR count). The average Bonchev–Trinajstić information content (AvgIpc) is 2.40. The van der Waals surface area contributed by atoms with Crippen LogP contribution in [0.2, 0.25) is 5.02 Å². The van der Waals surface area contributed by atoms with Gasteiger partial charge in [-0.1, -0.05) is 41.9 Å². The van der Waals surface area contributed by atoms with E-state index in [1.807, 2.05) is 30.3 Å². The Morgan fingerprint density at radius 1 is 0.944 bits per heavy atom. The monoisotopic (exact) mass is 278 g/mol. The first-order valence-electron chi connectivity index (χ1n) is 5.93. The Balaban J connectivity index is 1.84. The van der Waals surface area contributed by atoms with Gasteiger partial charge in [-0.3, -0.25) is 4.21 Å². The van der Waals surface area contributed by atoms with Crippen LogP contribution in [0.5, 0.6) is 0 Å². The summed E-state index contributed by atoms with van der Waals surface area (Å²) in [4.78, 5) is 0.854. The molecule has 0 aromatic heterocycles. The minimum atomic E-state index is -0.924. The number of aryl methyl sites for hydroxylation is 1. The Kier molecular flexibility index (Phi) is 4.97. The summed E-state index contributed by atoms with van der Waals surface area (Å²) in [7, 11) is -0.924. The fraction of sp³-hybridized carbons (Fsp3) is 0.200. The second-order valence-corrected chi connectivity index (χ2v) is 6.10. The molecule has 2 aromatic rings. The summed E-state index contributed by atoms with van der Waals surface area (Å²) < 4.78 is 12.0. The molecule has 0 amide bonds. The van der Waals surface area contributed by atoms with Crippen molar-refractivity contribution in [3.8, 4) is 0 Å². The van der Waals surface area contributed by atoms with E-state index in [0.717, 1.165) is 17.7 Å². The predicted molar refractivity (Wildman–Crippen MR) is 77.5 cm³/mol. The van der Waals surface area contributed by atoms with Crippen LogP contribution in [-0.4, -0.2) is 9.96 Å². The van der Waals surface area contributed by atoms with Gasteiger partial charge in [0.2, 0.25) is 0 Å². The topological polar surface area (TPSA) is 17.1 Å². The standard InChI is InChI=1S/C15H15ClOS/c16-14-8-10-15(11-9-14)18(17)12-4-7-13-5-2-1-3-6-13/h1-3,5-6,8-11H,4,7,12H2. The van der Waals surface area contributed by atoms with Crippen molar-refractivity contribution in [3.05, 3.63) is 65.2 Å². The Morgan fingerprint density at radius 3 is 2.28 bits per heavy atom. The molecule has 1 unspecified atom stereocenters. The summed E-state index contributed by atoms with van der Waals surface area (Å²) >= 11 is 5.80. The lowest BCUT2D eigenvalue weighted by molar-refractivity contribution is 0.680. The number of rotatable bonds is 5. The lowest BCUT2D eigenvalue weighted by Gasteiger charge is -2.03. The first-order valence-corrected chi connectivity index (χ1v) is 7.63. The van der Waals surface area contributed by atoms with Crippen molar-refractivity contribution < 1.29 is 4.21 Å². The maximum Gasteiger partial charge on any atom is 0.0529 e. The molecule has 0 N–H and O–H groups in total. The molecular weight excluding hydrogens is 264 g/mol. The van der Waals surface area contributed by atoms with E-state index in [0.29, 0.717) is 10.8 Å². The van der Waals surface area contributed by atoms with Gasteiger partial charge in [0.1, 0.15) is 0 Å². The largest absolute Gasteiger partial charge is 0.254 e. The molecule has 0 spiro atoms. The number of hydrogen-bond donors (Lipinski definition) is 0. The molecule has 94 valence electrons. The maximum absolute atomic E-state index is 12.0. The van der Waals surface area contributed by atoms with Crippen LogP contribution in [0.3, 0.4) is 0 Å². The summed E-state index contributed by atoms with van der Waals surface area (Å²) in [6, 6.07) is 17.5. The van der Waals surface area contributed by atoms with E-state index in [2.05, 4.69) is 12.1 Å². The SMILES string of the molecule is O=S(CCCc1ccccc1)c1ccc(Cl)cc1. The van der Waals surface area contributed by atoms with E-state index < -0.39 is 10.8 Å². The molecule has 0 bridgehead atoms. The van der Waals surface area contributed by atoms with Crippen molar-refractivity contribution in [3.63, 3.8) is 0 Å². The van der Waals surface area contributed by atoms with Crippen LogP contribution in [0.15, 0.2) is 59.5 Å². The molecule has 0 aliphatic heterocycles. The lowest BCUT2D eigenvalue weighted by atomic mass is 10.1. The highest BCUT2D eigenvalue weighted by Gasteiger charge is 2.03.